The van der Waals surface area contributed by atoms with Crippen molar-refractivity contribution in [2.24, 2.45) is 0 Å². The van der Waals surface area contributed by atoms with Crippen LogP contribution in [0.3, 0.4) is 0 Å². The van der Waals surface area contributed by atoms with Gasteiger partial charge in [0.25, 0.3) is 0 Å². The van der Waals surface area contributed by atoms with Gasteiger partial charge in [-0.3, -0.25) is 0 Å². The Labute approximate surface area is 135 Å². The van der Waals surface area contributed by atoms with Gasteiger partial charge in [-0.1, -0.05) is 66.7 Å². The predicted molar refractivity (Wildman–Crippen MR) is 98.1 cm³/mol. The second kappa shape index (κ2) is 4.72. The van der Waals surface area contributed by atoms with Gasteiger partial charge >= 0.3 is 0 Å². The maximum atomic E-state index is 3.56. The van der Waals surface area contributed by atoms with E-state index in [0.29, 0.717) is 0 Å². The van der Waals surface area contributed by atoms with Gasteiger partial charge in [-0.25, -0.2) is 0 Å². The molecule has 0 fully saturated rings. The molecule has 0 amide bonds. The average Bonchev–Trinajstić information content (AvgIpc) is 2.94. The molecule has 23 heavy (non-hydrogen) atoms. The number of para-hydroxylation sites is 1. The second-order valence-electron chi connectivity index (χ2n) is 5.93. The van der Waals surface area contributed by atoms with E-state index in [1.165, 1.54) is 33.0 Å². The smallest absolute Gasteiger partial charge is 0.0464 e. The van der Waals surface area contributed by atoms with Gasteiger partial charge in [-0.15, -0.1) is 0 Å². The van der Waals surface area contributed by atoms with Gasteiger partial charge in [-0.05, 0) is 45.8 Å². The summed E-state index contributed by atoms with van der Waals surface area (Å²) in [7, 11) is 0. The van der Waals surface area contributed by atoms with Gasteiger partial charge in [0.2, 0.25) is 0 Å². The molecule has 0 aliphatic heterocycles. The lowest BCUT2D eigenvalue weighted by Crippen LogP contribution is -1.91. The van der Waals surface area contributed by atoms with Crippen LogP contribution < -0.4 is 5.32 Å². The molecule has 108 valence electrons. The molecule has 5 rings (SSSR count). The van der Waals surface area contributed by atoms with Gasteiger partial charge in [-0.2, -0.15) is 0 Å². The van der Waals surface area contributed by atoms with Crippen LogP contribution in [-0.2, 0) is 0 Å². The highest BCUT2D eigenvalue weighted by Gasteiger charge is 2.21. The summed E-state index contributed by atoms with van der Waals surface area (Å²) in [5.41, 5.74) is 7.62. The van der Waals surface area contributed by atoms with Crippen LogP contribution in [0.5, 0.6) is 0 Å². The number of rotatable bonds is 2. The van der Waals surface area contributed by atoms with Gasteiger partial charge in [0, 0.05) is 16.8 Å². The molecule has 4 aromatic rings. The van der Waals surface area contributed by atoms with Crippen LogP contribution in [0.1, 0.15) is 0 Å². The summed E-state index contributed by atoms with van der Waals surface area (Å²) in [6.45, 7) is 0. The molecular formula is C22H15N. The normalized spacial score (nSPS) is 11.5. The summed E-state index contributed by atoms with van der Waals surface area (Å²) in [6.07, 6.45) is 0. The maximum Gasteiger partial charge on any atom is 0.0464 e. The van der Waals surface area contributed by atoms with E-state index in [9.17, 15) is 0 Å². The molecule has 1 aliphatic carbocycles. The van der Waals surface area contributed by atoms with Crippen LogP contribution in [0, 0.1) is 0 Å². The van der Waals surface area contributed by atoms with Crippen LogP contribution in [0.2, 0.25) is 0 Å². The molecule has 0 heterocycles. The Balaban J connectivity index is 1.76. The van der Waals surface area contributed by atoms with Gasteiger partial charge in [0.05, 0.1) is 0 Å². The lowest BCUT2D eigenvalue weighted by Gasteiger charge is -2.11. The van der Waals surface area contributed by atoms with E-state index in [1.807, 2.05) is 6.07 Å². The summed E-state index contributed by atoms with van der Waals surface area (Å²) in [4.78, 5) is 0. The first-order valence-electron chi connectivity index (χ1n) is 7.89. The van der Waals surface area contributed by atoms with Crippen LogP contribution in [0.4, 0.5) is 11.4 Å². The van der Waals surface area contributed by atoms with E-state index in [4.69, 9.17) is 0 Å². The van der Waals surface area contributed by atoms with E-state index in [0.717, 1.165) is 11.4 Å². The third kappa shape index (κ3) is 1.80. The third-order valence-electron chi connectivity index (χ3n) is 4.60. The van der Waals surface area contributed by atoms with Crippen molar-refractivity contribution in [1.82, 2.24) is 0 Å². The van der Waals surface area contributed by atoms with Crippen molar-refractivity contribution in [2.45, 2.75) is 0 Å². The molecule has 0 spiro atoms. The first-order chi connectivity index (χ1) is 11.4. The SMILES string of the molecule is c1ccc(Nc2ccc3c4c(cccc24)-c2ccccc2-3)cc1. The van der Waals surface area contributed by atoms with Crippen molar-refractivity contribution in [3.05, 3.63) is 84.9 Å². The lowest BCUT2D eigenvalue weighted by molar-refractivity contribution is 1.58. The zero-order valence-corrected chi connectivity index (χ0v) is 12.6. The van der Waals surface area contributed by atoms with Crippen molar-refractivity contribution in [3.8, 4) is 22.3 Å². The molecule has 0 unspecified atom stereocenters. The highest BCUT2D eigenvalue weighted by Crippen LogP contribution is 2.48. The summed E-state index contributed by atoms with van der Waals surface area (Å²) in [6, 6.07) is 30.0. The molecule has 1 N–H and O–H groups in total. The van der Waals surface area contributed by atoms with Crippen molar-refractivity contribution >= 4 is 22.1 Å². The zero-order chi connectivity index (χ0) is 15.2. The van der Waals surface area contributed by atoms with Crippen molar-refractivity contribution < 1.29 is 0 Å². The number of hydrogen-bond acceptors (Lipinski definition) is 1. The minimum absolute atomic E-state index is 1.11. The Hall–Kier alpha value is -3.06. The molecule has 0 bridgehead atoms. The standard InChI is InChI=1S/C22H15N/c1-2-7-15(8-3-1)23-21-14-13-19-17-10-5-4-9-16(17)18-11-6-12-20(21)22(18)19/h1-14,23H. The Bertz CT molecular complexity index is 1000. The van der Waals surface area contributed by atoms with Crippen LogP contribution in [0.25, 0.3) is 33.0 Å². The monoisotopic (exact) mass is 293 g/mol. The van der Waals surface area contributed by atoms with Gasteiger partial charge < -0.3 is 5.32 Å². The van der Waals surface area contributed by atoms with E-state index in [-0.39, 0.29) is 0 Å². The van der Waals surface area contributed by atoms with Crippen LogP contribution in [0.15, 0.2) is 84.9 Å². The molecule has 0 radical (unpaired) electrons. The average molecular weight is 293 g/mol. The minimum atomic E-state index is 1.11. The van der Waals surface area contributed by atoms with E-state index < -0.39 is 0 Å². The van der Waals surface area contributed by atoms with Crippen molar-refractivity contribution in [3.63, 3.8) is 0 Å². The van der Waals surface area contributed by atoms with Gasteiger partial charge in [0.1, 0.15) is 0 Å². The zero-order valence-electron chi connectivity index (χ0n) is 12.6. The molecule has 1 nitrogen and oxygen atoms in total. The lowest BCUT2D eigenvalue weighted by atomic mass is 10.0. The fourth-order valence-electron chi connectivity index (χ4n) is 3.59. The quantitative estimate of drug-likeness (QED) is 0.407. The molecule has 4 aromatic carbocycles. The van der Waals surface area contributed by atoms with Crippen molar-refractivity contribution in [2.75, 3.05) is 5.32 Å². The first kappa shape index (κ1) is 12.5. The molecule has 0 saturated heterocycles. The van der Waals surface area contributed by atoms with E-state index in [2.05, 4.69) is 84.2 Å². The summed E-state index contributed by atoms with van der Waals surface area (Å²) in [5, 5.41) is 6.19. The minimum Gasteiger partial charge on any atom is -0.355 e. The molecule has 1 heteroatoms. The number of anilines is 2. The van der Waals surface area contributed by atoms with E-state index >= 15 is 0 Å². The Kier molecular flexibility index (Phi) is 2.56. The highest BCUT2D eigenvalue weighted by molar-refractivity contribution is 6.18. The van der Waals surface area contributed by atoms with E-state index in [1.54, 1.807) is 0 Å². The highest BCUT2D eigenvalue weighted by atomic mass is 14.9. The Morgan fingerprint density at radius 3 is 1.91 bits per heavy atom. The molecule has 1 aliphatic rings. The largest absolute Gasteiger partial charge is 0.355 e. The summed E-state index contributed by atoms with van der Waals surface area (Å²) < 4.78 is 0. The second-order valence-corrected chi connectivity index (χ2v) is 5.93. The Morgan fingerprint density at radius 1 is 0.478 bits per heavy atom. The summed E-state index contributed by atoms with van der Waals surface area (Å²) in [5.74, 6) is 0. The molecule has 0 saturated carbocycles. The molecular weight excluding hydrogens is 278 g/mol. The number of fused-ring (bicyclic) bond motifs is 3. The van der Waals surface area contributed by atoms with Crippen LogP contribution >= 0.6 is 0 Å². The fourth-order valence-corrected chi connectivity index (χ4v) is 3.59. The molecule has 0 atom stereocenters. The van der Waals surface area contributed by atoms with Crippen LogP contribution in [-0.4, -0.2) is 0 Å². The summed E-state index contributed by atoms with van der Waals surface area (Å²) >= 11 is 0. The third-order valence-corrected chi connectivity index (χ3v) is 4.60. The fraction of sp³-hybridized carbons (Fsp3) is 0. The first-order valence-corrected chi connectivity index (χ1v) is 7.89. The van der Waals surface area contributed by atoms with Crippen molar-refractivity contribution in [1.29, 1.82) is 0 Å². The number of nitrogens with one attached hydrogen (secondary N) is 1. The van der Waals surface area contributed by atoms with Gasteiger partial charge in [0.15, 0.2) is 0 Å². The Morgan fingerprint density at radius 2 is 1.13 bits per heavy atom. The number of hydrogen-bond donors (Lipinski definition) is 1. The molecule has 0 aromatic heterocycles. The predicted octanol–water partition coefficient (Wildman–Crippen LogP) is 6.23. The maximum absolute atomic E-state index is 3.56. The topological polar surface area (TPSA) is 12.0 Å². The number of benzene rings is 4.